The third-order valence-electron chi connectivity index (χ3n) is 4.27. The van der Waals surface area contributed by atoms with E-state index >= 15 is 0 Å². The van der Waals surface area contributed by atoms with Crippen LogP contribution in [0.1, 0.15) is 29.3 Å². The van der Waals surface area contributed by atoms with E-state index in [1.165, 1.54) is 6.20 Å². The standard InChI is InChI=1S/C18H20N2O3S/c1-13-4-3-5-14(8-13)15-9-16(11-19-10-15)17(21)20-18(2)6-7-24(22,23)12-18/h3-5,8-11H,6-7,12H2,1-2H3,(H,20,21)/t18-/m1/s1. The van der Waals surface area contributed by atoms with Crippen LogP contribution in [0.3, 0.4) is 0 Å². The summed E-state index contributed by atoms with van der Waals surface area (Å²) in [5, 5.41) is 2.86. The van der Waals surface area contributed by atoms with Gasteiger partial charge in [0.1, 0.15) is 0 Å². The third kappa shape index (κ3) is 3.64. The first-order chi connectivity index (χ1) is 11.3. The molecular formula is C18H20N2O3S. The van der Waals surface area contributed by atoms with Crippen LogP contribution >= 0.6 is 0 Å². The molecule has 0 aliphatic carbocycles. The summed E-state index contributed by atoms with van der Waals surface area (Å²) in [4.78, 5) is 16.7. The molecule has 1 atom stereocenters. The topological polar surface area (TPSA) is 76.1 Å². The van der Waals surface area contributed by atoms with Gasteiger partial charge in [-0.25, -0.2) is 8.42 Å². The van der Waals surface area contributed by atoms with Crippen LogP contribution in [0.15, 0.2) is 42.7 Å². The Kier molecular flexibility index (Phi) is 4.17. The van der Waals surface area contributed by atoms with Crippen molar-refractivity contribution in [1.82, 2.24) is 10.3 Å². The molecule has 1 aliphatic rings. The first kappa shape index (κ1) is 16.6. The van der Waals surface area contributed by atoms with Crippen LogP contribution in [-0.2, 0) is 9.84 Å². The highest BCUT2D eigenvalue weighted by molar-refractivity contribution is 7.91. The second-order valence-electron chi connectivity index (χ2n) is 6.69. The van der Waals surface area contributed by atoms with E-state index in [1.54, 1.807) is 19.2 Å². The molecule has 1 amide bonds. The zero-order valence-corrected chi connectivity index (χ0v) is 14.6. The highest BCUT2D eigenvalue weighted by atomic mass is 32.2. The molecular weight excluding hydrogens is 324 g/mol. The second-order valence-corrected chi connectivity index (χ2v) is 8.87. The van der Waals surface area contributed by atoms with E-state index in [4.69, 9.17) is 0 Å². The third-order valence-corrected chi connectivity index (χ3v) is 6.17. The van der Waals surface area contributed by atoms with Gasteiger partial charge in [-0.3, -0.25) is 9.78 Å². The van der Waals surface area contributed by atoms with E-state index in [0.29, 0.717) is 12.0 Å². The van der Waals surface area contributed by atoms with Gasteiger partial charge in [0.05, 0.1) is 22.6 Å². The number of carbonyl (C=O) groups is 1. The van der Waals surface area contributed by atoms with E-state index in [2.05, 4.69) is 10.3 Å². The molecule has 0 bridgehead atoms. The number of hydrogen-bond acceptors (Lipinski definition) is 4. The Balaban J connectivity index is 1.83. The number of hydrogen-bond donors (Lipinski definition) is 1. The largest absolute Gasteiger partial charge is 0.346 e. The molecule has 1 fully saturated rings. The number of nitrogens with zero attached hydrogens (tertiary/aromatic N) is 1. The monoisotopic (exact) mass is 344 g/mol. The summed E-state index contributed by atoms with van der Waals surface area (Å²) in [5.41, 5.74) is 2.70. The first-order valence-electron chi connectivity index (χ1n) is 7.81. The molecule has 5 nitrogen and oxygen atoms in total. The molecule has 1 N–H and O–H groups in total. The molecule has 126 valence electrons. The van der Waals surface area contributed by atoms with Crippen molar-refractivity contribution in [1.29, 1.82) is 0 Å². The van der Waals surface area contributed by atoms with Crippen LogP contribution in [0.25, 0.3) is 11.1 Å². The molecule has 3 rings (SSSR count). The fourth-order valence-corrected chi connectivity index (χ4v) is 5.10. The molecule has 1 saturated heterocycles. The van der Waals surface area contributed by atoms with Crippen LogP contribution < -0.4 is 5.32 Å². The summed E-state index contributed by atoms with van der Waals surface area (Å²) >= 11 is 0. The highest BCUT2D eigenvalue weighted by Gasteiger charge is 2.39. The summed E-state index contributed by atoms with van der Waals surface area (Å²) in [6.07, 6.45) is 3.65. The van der Waals surface area contributed by atoms with E-state index in [-0.39, 0.29) is 17.4 Å². The van der Waals surface area contributed by atoms with Crippen molar-refractivity contribution in [3.8, 4) is 11.1 Å². The number of carbonyl (C=O) groups excluding carboxylic acids is 1. The zero-order valence-electron chi connectivity index (χ0n) is 13.7. The van der Waals surface area contributed by atoms with E-state index in [9.17, 15) is 13.2 Å². The maximum absolute atomic E-state index is 12.5. The summed E-state index contributed by atoms with van der Waals surface area (Å²) in [5.74, 6) is -0.196. The zero-order chi connectivity index (χ0) is 17.4. The number of nitrogens with one attached hydrogen (secondary N) is 1. The van der Waals surface area contributed by atoms with Gasteiger partial charge in [0.15, 0.2) is 9.84 Å². The molecule has 1 aromatic carbocycles. The lowest BCUT2D eigenvalue weighted by molar-refractivity contribution is 0.0915. The average molecular weight is 344 g/mol. The number of amides is 1. The van der Waals surface area contributed by atoms with Crippen molar-refractivity contribution < 1.29 is 13.2 Å². The van der Waals surface area contributed by atoms with Gasteiger partial charge in [-0.15, -0.1) is 0 Å². The lowest BCUT2D eigenvalue weighted by Gasteiger charge is -2.23. The van der Waals surface area contributed by atoms with Gasteiger partial charge in [0.2, 0.25) is 0 Å². The SMILES string of the molecule is Cc1cccc(-c2cncc(C(=O)N[C@]3(C)CCS(=O)(=O)C3)c2)c1. The molecule has 0 unspecified atom stereocenters. The maximum Gasteiger partial charge on any atom is 0.253 e. The number of rotatable bonds is 3. The minimum absolute atomic E-state index is 0.0171. The van der Waals surface area contributed by atoms with Crippen molar-refractivity contribution in [2.45, 2.75) is 25.8 Å². The molecule has 1 aromatic heterocycles. The Bertz CT molecular complexity index is 893. The number of benzene rings is 1. The molecule has 2 aromatic rings. The lowest BCUT2D eigenvalue weighted by Crippen LogP contribution is -2.46. The number of sulfone groups is 1. The van der Waals surface area contributed by atoms with Gasteiger partial charge in [-0.2, -0.15) is 0 Å². The molecule has 0 radical (unpaired) electrons. The molecule has 2 heterocycles. The van der Waals surface area contributed by atoms with Crippen molar-refractivity contribution >= 4 is 15.7 Å². The van der Waals surface area contributed by atoms with Crippen LogP contribution in [-0.4, -0.2) is 36.4 Å². The number of pyridine rings is 1. The van der Waals surface area contributed by atoms with E-state index in [1.807, 2.05) is 31.2 Å². The van der Waals surface area contributed by atoms with Crippen LogP contribution in [0.4, 0.5) is 0 Å². The predicted molar refractivity (Wildman–Crippen MR) is 93.6 cm³/mol. The molecule has 24 heavy (non-hydrogen) atoms. The fraction of sp³-hybridized carbons (Fsp3) is 0.333. The average Bonchev–Trinajstić information content (AvgIpc) is 2.80. The lowest BCUT2D eigenvalue weighted by atomic mass is 10.0. The summed E-state index contributed by atoms with van der Waals surface area (Å²) in [6.45, 7) is 3.78. The van der Waals surface area contributed by atoms with Crippen molar-refractivity contribution in [3.05, 3.63) is 53.9 Å². The Hall–Kier alpha value is -2.21. The predicted octanol–water partition coefficient (Wildman–Crippen LogP) is 2.36. The van der Waals surface area contributed by atoms with Gasteiger partial charge in [0, 0.05) is 18.0 Å². The van der Waals surface area contributed by atoms with Crippen LogP contribution in [0, 0.1) is 6.92 Å². The molecule has 6 heteroatoms. The quantitative estimate of drug-likeness (QED) is 0.927. The van der Waals surface area contributed by atoms with Crippen molar-refractivity contribution in [2.24, 2.45) is 0 Å². The summed E-state index contributed by atoms with van der Waals surface area (Å²) < 4.78 is 23.3. The number of aromatic nitrogens is 1. The van der Waals surface area contributed by atoms with Crippen molar-refractivity contribution in [3.63, 3.8) is 0 Å². The second kappa shape index (κ2) is 6.02. The van der Waals surface area contributed by atoms with Gasteiger partial charge < -0.3 is 5.32 Å². The maximum atomic E-state index is 12.5. The minimum atomic E-state index is -3.07. The molecule has 0 spiro atoms. The highest BCUT2D eigenvalue weighted by Crippen LogP contribution is 2.24. The van der Waals surface area contributed by atoms with E-state index < -0.39 is 15.4 Å². The minimum Gasteiger partial charge on any atom is -0.346 e. The van der Waals surface area contributed by atoms with Crippen molar-refractivity contribution in [2.75, 3.05) is 11.5 Å². The van der Waals surface area contributed by atoms with Gasteiger partial charge >= 0.3 is 0 Å². The van der Waals surface area contributed by atoms with Gasteiger partial charge in [-0.1, -0.05) is 29.8 Å². The van der Waals surface area contributed by atoms with E-state index in [0.717, 1.165) is 16.7 Å². The Morgan fingerprint density at radius 2 is 2.00 bits per heavy atom. The Morgan fingerprint density at radius 3 is 2.67 bits per heavy atom. The Morgan fingerprint density at radius 1 is 1.21 bits per heavy atom. The van der Waals surface area contributed by atoms with Gasteiger partial charge in [-0.05, 0) is 31.9 Å². The molecule has 1 aliphatic heterocycles. The fourth-order valence-electron chi connectivity index (χ4n) is 3.00. The van der Waals surface area contributed by atoms with Crippen LogP contribution in [0.5, 0.6) is 0 Å². The number of aryl methyl sites for hydroxylation is 1. The van der Waals surface area contributed by atoms with Gasteiger partial charge in [0.25, 0.3) is 5.91 Å². The Labute approximate surface area is 142 Å². The smallest absolute Gasteiger partial charge is 0.253 e. The molecule has 0 saturated carbocycles. The summed E-state index contributed by atoms with van der Waals surface area (Å²) in [7, 11) is -3.07. The summed E-state index contributed by atoms with van der Waals surface area (Å²) in [6, 6.07) is 9.75. The first-order valence-corrected chi connectivity index (χ1v) is 9.64. The normalized spacial score (nSPS) is 22.2. The van der Waals surface area contributed by atoms with Crippen LogP contribution in [0.2, 0.25) is 0 Å².